The van der Waals surface area contributed by atoms with Crippen molar-refractivity contribution in [2.24, 2.45) is 0 Å². The molecule has 2 rings (SSSR count). The van der Waals surface area contributed by atoms with E-state index in [1.807, 2.05) is 13.8 Å². The van der Waals surface area contributed by atoms with Crippen LogP contribution in [0, 0.1) is 0 Å². The van der Waals surface area contributed by atoms with Crippen LogP contribution in [0.15, 0.2) is 24.3 Å². The molecule has 0 saturated carbocycles. The largest absolute Gasteiger partial charge is 0.416 e. The Morgan fingerprint density at radius 1 is 1.43 bits per heavy atom. The number of β-amino-alcohol motifs (C(OH)–C–C–N with tert-alkyl or cyclic N) is 1. The number of carbonyl (C=O) groups is 1. The van der Waals surface area contributed by atoms with Crippen molar-refractivity contribution in [2.75, 3.05) is 13.1 Å². The summed E-state index contributed by atoms with van der Waals surface area (Å²) in [6.45, 7) is 3.99. The lowest BCUT2D eigenvalue weighted by Crippen LogP contribution is -2.40. The summed E-state index contributed by atoms with van der Waals surface area (Å²) in [5.41, 5.74) is -0.253. The molecule has 0 bridgehead atoms. The molecule has 2 atom stereocenters. The van der Waals surface area contributed by atoms with E-state index in [-0.39, 0.29) is 25.0 Å². The summed E-state index contributed by atoms with van der Waals surface area (Å²) in [6, 6.07) is 4.66. The minimum Gasteiger partial charge on any atom is -0.392 e. The molecule has 1 aromatic carbocycles. The number of benzene rings is 1. The van der Waals surface area contributed by atoms with Gasteiger partial charge in [0.25, 0.3) is 0 Å². The maximum atomic E-state index is 12.9. The zero-order valence-corrected chi connectivity index (χ0v) is 13.1. The van der Waals surface area contributed by atoms with Gasteiger partial charge in [-0.15, -0.1) is 0 Å². The van der Waals surface area contributed by atoms with Crippen molar-refractivity contribution in [1.82, 2.24) is 10.2 Å². The zero-order valence-electron chi connectivity index (χ0n) is 13.1. The van der Waals surface area contributed by atoms with Gasteiger partial charge in [0.2, 0.25) is 5.91 Å². The summed E-state index contributed by atoms with van der Waals surface area (Å²) in [4.78, 5) is 13.6. The third-order valence-electron chi connectivity index (χ3n) is 3.78. The average Bonchev–Trinajstić information content (AvgIpc) is 2.77. The van der Waals surface area contributed by atoms with Gasteiger partial charge in [-0.2, -0.15) is 13.2 Å². The van der Waals surface area contributed by atoms with Gasteiger partial charge >= 0.3 is 6.18 Å². The third kappa shape index (κ3) is 4.68. The van der Waals surface area contributed by atoms with Gasteiger partial charge in [-0.25, -0.2) is 0 Å². The Morgan fingerprint density at radius 2 is 2.13 bits per heavy atom. The van der Waals surface area contributed by atoms with Gasteiger partial charge in [0, 0.05) is 18.6 Å². The number of nitrogens with zero attached hydrogens (tertiary/aromatic N) is 1. The van der Waals surface area contributed by atoms with Crippen LogP contribution in [0.2, 0.25) is 0 Å². The van der Waals surface area contributed by atoms with E-state index < -0.39 is 23.9 Å². The molecule has 23 heavy (non-hydrogen) atoms. The first-order chi connectivity index (χ1) is 10.7. The number of amides is 1. The molecule has 0 unspecified atom stereocenters. The molecule has 1 amide bonds. The highest BCUT2D eigenvalue weighted by molar-refractivity contribution is 5.78. The fourth-order valence-corrected chi connectivity index (χ4v) is 2.88. The van der Waals surface area contributed by atoms with Gasteiger partial charge in [0.05, 0.1) is 18.2 Å². The van der Waals surface area contributed by atoms with Crippen molar-refractivity contribution in [3.63, 3.8) is 0 Å². The van der Waals surface area contributed by atoms with Gasteiger partial charge in [-0.1, -0.05) is 12.1 Å². The van der Waals surface area contributed by atoms with E-state index >= 15 is 0 Å². The van der Waals surface area contributed by atoms with Crippen LogP contribution in [-0.2, 0) is 11.0 Å². The number of aliphatic hydroxyl groups excluding tert-OH is 1. The van der Waals surface area contributed by atoms with Crippen LogP contribution in [0.25, 0.3) is 0 Å². The Morgan fingerprint density at radius 3 is 2.74 bits per heavy atom. The van der Waals surface area contributed by atoms with Gasteiger partial charge < -0.3 is 10.4 Å². The Labute approximate surface area is 133 Å². The standard InChI is InChI=1S/C16H21F3N2O2/c1-10(2)20-15(23)9-21-8-13(22)7-14(21)11-4-3-5-12(6-11)16(17,18)19/h3-6,10,13-14,22H,7-9H2,1-2H3,(H,20,23)/t13-,14-/m0/s1. The van der Waals surface area contributed by atoms with Gasteiger partial charge in [0.1, 0.15) is 0 Å². The van der Waals surface area contributed by atoms with Crippen molar-refractivity contribution in [1.29, 1.82) is 0 Å². The number of carbonyl (C=O) groups excluding carboxylic acids is 1. The van der Waals surface area contributed by atoms with E-state index in [4.69, 9.17) is 0 Å². The lowest BCUT2D eigenvalue weighted by molar-refractivity contribution is -0.137. The predicted molar refractivity (Wildman–Crippen MR) is 79.7 cm³/mol. The van der Waals surface area contributed by atoms with Crippen LogP contribution in [0.4, 0.5) is 13.2 Å². The Hall–Kier alpha value is -1.60. The highest BCUT2D eigenvalue weighted by Crippen LogP contribution is 2.35. The van der Waals surface area contributed by atoms with E-state index in [2.05, 4.69) is 5.32 Å². The molecule has 0 aliphatic carbocycles. The molecule has 1 aromatic rings. The molecule has 2 N–H and O–H groups in total. The van der Waals surface area contributed by atoms with E-state index in [1.165, 1.54) is 6.07 Å². The fourth-order valence-electron chi connectivity index (χ4n) is 2.88. The zero-order chi connectivity index (χ0) is 17.2. The minimum atomic E-state index is -4.41. The molecule has 0 aromatic heterocycles. The maximum absolute atomic E-state index is 12.9. The van der Waals surface area contributed by atoms with Crippen LogP contribution < -0.4 is 5.32 Å². The van der Waals surface area contributed by atoms with Crippen molar-refractivity contribution in [3.05, 3.63) is 35.4 Å². The molecule has 1 aliphatic heterocycles. The van der Waals surface area contributed by atoms with Crippen molar-refractivity contribution in [3.8, 4) is 0 Å². The molecule has 0 radical (unpaired) electrons. The number of halogens is 3. The Balaban J connectivity index is 2.17. The van der Waals surface area contributed by atoms with Crippen LogP contribution in [-0.4, -0.2) is 41.1 Å². The molecule has 1 fully saturated rings. The fraction of sp³-hybridized carbons (Fsp3) is 0.562. The Bertz CT molecular complexity index is 561. The molecule has 128 valence electrons. The van der Waals surface area contributed by atoms with E-state index in [9.17, 15) is 23.1 Å². The van der Waals surface area contributed by atoms with Crippen LogP contribution in [0.1, 0.15) is 37.4 Å². The van der Waals surface area contributed by atoms with Crippen LogP contribution in [0.3, 0.4) is 0 Å². The van der Waals surface area contributed by atoms with E-state index in [0.29, 0.717) is 12.0 Å². The normalized spacial score (nSPS) is 22.6. The number of hydrogen-bond acceptors (Lipinski definition) is 3. The first kappa shape index (κ1) is 17.7. The summed E-state index contributed by atoms with van der Waals surface area (Å²) < 4.78 is 38.6. The summed E-state index contributed by atoms with van der Waals surface area (Å²) in [5.74, 6) is -0.203. The van der Waals surface area contributed by atoms with Crippen LogP contribution in [0.5, 0.6) is 0 Å². The SMILES string of the molecule is CC(C)NC(=O)CN1C[C@@H](O)C[C@H]1c1cccc(C(F)(F)F)c1. The van der Waals surface area contributed by atoms with E-state index in [1.54, 1.807) is 11.0 Å². The lowest BCUT2D eigenvalue weighted by atomic mass is 10.0. The molecule has 0 spiro atoms. The van der Waals surface area contributed by atoms with Gasteiger partial charge in [-0.05, 0) is 38.0 Å². The molecule has 1 saturated heterocycles. The predicted octanol–water partition coefficient (Wildman–Crippen LogP) is 2.34. The highest BCUT2D eigenvalue weighted by Gasteiger charge is 2.35. The quantitative estimate of drug-likeness (QED) is 0.891. The second kappa shape index (κ2) is 6.88. The number of rotatable bonds is 4. The first-order valence-corrected chi connectivity index (χ1v) is 7.55. The Kier molecular flexibility index (Phi) is 5.31. The summed E-state index contributed by atoms with van der Waals surface area (Å²) in [7, 11) is 0. The maximum Gasteiger partial charge on any atom is 0.416 e. The molecular formula is C16H21F3N2O2. The number of aliphatic hydroxyl groups is 1. The van der Waals surface area contributed by atoms with Gasteiger partial charge in [-0.3, -0.25) is 9.69 Å². The minimum absolute atomic E-state index is 0.0120. The summed E-state index contributed by atoms with van der Waals surface area (Å²) in [5, 5.41) is 12.6. The highest BCUT2D eigenvalue weighted by atomic mass is 19.4. The van der Waals surface area contributed by atoms with Gasteiger partial charge in [0.15, 0.2) is 0 Å². The lowest BCUT2D eigenvalue weighted by Gasteiger charge is -2.25. The number of alkyl halides is 3. The molecule has 1 aliphatic rings. The summed E-state index contributed by atoms with van der Waals surface area (Å²) in [6.07, 6.45) is -4.75. The van der Waals surface area contributed by atoms with Crippen molar-refractivity contribution >= 4 is 5.91 Å². The number of hydrogen-bond donors (Lipinski definition) is 2. The summed E-state index contributed by atoms with van der Waals surface area (Å²) >= 11 is 0. The molecule has 1 heterocycles. The van der Waals surface area contributed by atoms with Crippen molar-refractivity contribution in [2.45, 2.75) is 44.6 Å². The number of nitrogens with one attached hydrogen (secondary N) is 1. The molecule has 4 nitrogen and oxygen atoms in total. The third-order valence-corrected chi connectivity index (χ3v) is 3.78. The number of likely N-dealkylation sites (tertiary alicyclic amines) is 1. The topological polar surface area (TPSA) is 52.6 Å². The first-order valence-electron chi connectivity index (χ1n) is 7.55. The smallest absolute Gasteiger partial charge is 0.392 e. The van der Waals surface area contributed by atoms with Crippen LogP contribution >= 0.6 is 0 Å². The second-order valence-corrected chi connectivity index (χ2v) is 6.18. The molecule has 7 heteroatoms. The monoisotopic (exact) mass is 330 g/mol. The molecular weight excluding hydrogens is 309 g/mol. The van der Waals surface area contributed by atoms with Crippen molar-refractivity contribution < 1.29 is 23.1 Å². The van der Waals surface area contributed by atoms with E-state index in [0.717, 1.165) is 12.1 Å². The average molecular weight is 330 g/mol. The second-order valence-electron chi connectivity index (χ2n) is 6.18.